The summed E-state index contributed by atoms with van der Waals surface area (Å²) in [6, 6.07) is 5.66. The normalized spacial score (nSPS) is 8.80. The largest absolute Gasteiger partial charge is 0.245 e. The molecule has 1 aromatic heterocycles. The Morgan fingerprint density at radius 3 is 3.00 bits per heavy atom. The van der Waals surface area contributed by atoms with E-state index in [1.165, 1.54) is 0 Å². The van der Waals surface area contributed by atoms with Gasteiger partial charge in [0.15, 0.2) is 0 Å². The van der Waals surface area contributed by atoms with Crippen LogP contribution in [0.4, 0.5) is 0 Å². The van der Waals surface area contributed by atoms with Gasteiger partial charge in [-0.05, 0) is 25.0 Å². The zero-order valence-electron chi connectivity index (χ0n) is 5.54. The van der Waals surface area contributed by atoms with E-state index in [-0.39, 0.29) is 0 Å². The molecule has 1 aromatic rings. The molecule has 1 radical (unpaired) electrons. The SMILES string of the molecule is [CH2]Cc1cccnc1C#N. The summed E-state index contributed by atoms with van der Waals surface area (Å²) in [7, 11) is 0. The number of hydrogen-bond donors (Lipinski definition) is 0. The first kappa shape index (κ1) is 6.76. The van der Waals surface area contributed by atoms with Gasteiger partial charge in [-0.15, -0.1) is 0 Å². The van der Waals surface area contributed by atoms with Gasteiger partial charge in [-0.1, -0.05) is 6.07 Å². The average molecular weight is 131 g/mol. The van der Waals surface area contributed by atoms with Crippen molar-refractivity contribution in [2.75, 3.05) is 0 Å². The number of pyridine rings is 1. The predicted molar refractivity (Wildman–Crippen MR) is 38.0 cm³/mol. The van der Waals surface area contributed by atoms with Gasteiger partial charge in [-0.2, -0.15) is 5.26 Å². The molecule has 0 saturated carbocycles. The summed E-state index contributed by atoms with van der Waals surface area (Å²) in [5.41, 5.74) is 1.39. The van der Waals surface area contributed by atoms with Crippen LogP contribution in [0, 0.1) is 18.3 Å². The van der Waals surface area contributed by atoms with Crippen molar-refractivity contribution >= 4 is 0 Å². The van der Waals surface area contributed by atoms with Crippen LogP contribution in [-0.4, -0.2) is 4.98 Å². The molecule has 2 nitrogen and oxygen atoms in total. The van der Waals surface area contributed by atoms with E-state index in [0.29, 0.717) is 12.1 Å². The second kappa shape index (κ2) is 2.98. The summed E-state index contributed by atoms with van der Waals surface area (Å²) in [5, 5.41) is 8.51. The van der Waals surface area contributed by atoms with Gasteiger partial charge in [-0.3, -0.25) is 0 Å². The first-order chi connectivity index (χ1) is 4.88. The lowest BCUT2D eigenvalue weighted by molar-refractivity contribution is 1.15. The van der Waals surface area contributed by atoms with Crippen LogP contribution in [0.15, 0.2) is 18.3 Å². The summed E-state index contributed by atoms with van der Waals surface area (Å²) in [5.74, 6) is 0. The zero-order chi connectivity index (χ0) is 7.40. The highest BCUT2D eigenvalue weighted by Crippen LogP contribution is 2.02. The lowest BCUT2D eigenvalue weighted by Crippen LogP contribution is -1.89. The molecule has 0 aliphatic carbocycles. The lowest BCUT2D eigenvalue weighted by atomic mass is 10.1. The number of nitrogens with zero attached hydrogens (tertiary/aromatic N) is 2. The van der Waals surface area contributed by atoms with Gasteiger partial charge in [0.25, 0.3) is 0 Å². The topological polar surface area (TPSA) is 36.7 Å². The maximum atomic E-state index is 8.51. The number of hydrogen-bond acceptors (Lipinski definition) is 2. The van der Waals surface area contributed by atoms with E-state index in [9.17, 15) is 0 Å². The quantitative estimate of drug-likeness (QED) is 0.576. The van der Waals surface area contributed by atoms with Crippen LogP contribution in [-0.2, 0) is 6.42 Å². The van der Waals surface area contributed by atoms with Crippen LogP contribution in [0.25, 0.3) is 0 Å². The Balaban J connectivity index is 3.12. The van der Waals surface area contributed by atoms with E-state index in [0.717, 1.165) is 5.56 Å². The molecule has 49 valence electrons. The fourth-order valence-electron chi connectivity index (χ4n) is 0.741. The highest BCUT2D eigenvalue weighted by molar-refractivity contribution is 5.30. The molecule has 1 rings (SSSR count). The number of rotatable bonds is 1. The fourth-order valence-corrected chi connectivity index (χ4v) is 0.741. The van der Waals surface area contributed by atoms with Gasteiger partial charge < -0.3 is 0 Å². The molecule has 0 aliphatic rings. The molecule has 0 spiro atoms. The van der Waals surface area contributed by atoms with Crippen molar-refractivity contribution in [3.63, 3.8) is 0 Å². The molecule has 0 aliphatic heterocycles. The molecule has 0 amide bonds. The van der Waals surface area contributed by atoms with Crippen LogP contribution in [0.1, 0.15) is 11.3 Å². The van der Waals surface area contributed by atoms with E-state index in [2.05, 4.69) is 11.9 Å². The molecule has 0 saturated heterocycles. The molecule has 0 unspecified atom stereocenters. The molecule has 10 heavy (non-hydrogen) atoms. The molecule has 0 aromatic carbocycles. The standard InChI is InChI=1S/C8H7N2/c1-2-7-4-3-5-10-8(7)6-9/h3-5H,1-2H2. The monoisotopic (exact) mass is 131 g/mol. The zero-order valence-corrected chi connectivity index (χ0v) is 5.54. The van der Waals surface area contributed by atoms with Crippen molar-refractivity contribution in [1.29, 1.82) is 5.26 Å². The van der Waals surface area contributed by atoms with E-state index >= 15 is 0 Å². The van der Waals surface area contributed by atoms with E-state index in [1.807, 2.05) is 12.1 Å². The Bertz CT molecular complexity index is 260. The molecular formula is C8H7N2. The van der Waals surface area contributed by atoms with Gasteiger partial charge >= 0.3 is 0 Å². The van der Waals surface area contributed by atoms with E-state index in [1.54, 1.807) is 12.3 Å². The highest BCUT2D eigenvalue weighted by Gasteiger charge is 1.96. The predicted octanol–water partition coefficient (Wildman–Crippen LogP) is 1.33. The first-order valence-corrected chi connectivity index (χ1v) is 3.01. The Morgan fingerprint density at radius 1 is 1.70 bits per heavy atom. The third kappa shape index (κ3) is 1.14. The smallest absolute Gasteiger partial charge is 0.143 e. The number of aromatic nitrogens is 1. The molecule has 0 bridgehead atoms. The summed E-state index contributed by atoms with van der Waals surface area (Å²) >= 11 is 0. The van der Waals surface area contributed by atoms with Crippen molar-refractivity contribution in [2.24, 2.45) is 0 Å². The minimum Gasteiger partial charge on any atom is -0.245 e. The van der Waals surface area contributed by atoms with Gasteiger partial charge in [0, 0.05) is 6.20 Å². The minimum atomic E-state index is 0.484. The molecule has 0 atom stereocenters. The summed E-state index contributed by atoms with van der Waals surface area (Å²) in [6.45, 7) is 3.67. The number of nitriles is 1. The molecular weight excluding hydrogens is 124 g/mol. The Kier molecular flexibility index (Phi) is 2.01. The maximum absolute atomic E-state index is 8.51. The van der Waals surface area contributed by atoms with E-state index < -0.39 is 0 Å². The Hall–Kier alpha value is -1.36. The van der Waals surface area contributed by atoms with Crippen LogP contribution in [0.3, 0.4) is 0 Å². The molecule has 2 heteroatoms. The summed E-state index contributed by atoms with van der Waals surface area (Å²) in [4.78, 5) is 3.87. The molecule has 1 heterocycles. The van der Waals surface area contributed by atoms with Gasteiger partial charge in [0.2, 0.25) is 0 Å². The second-order valence-electron chi connectivity index (χ2n) is 1.87. The summed E-state index contributed by atoms with van der Waals surface area (Å²) < 4.78 is 0. The Morgan fingerprint density at radius 2 is 2.50 bits per heavy atom. The Labute approximate surface area is 60.1 Å². The maximum Gasteiger partial charge on any atom is 0.143 e. The van der Waals surface area contributed by atoms with E-state index in [4.69, 9.17) is 5.26 Å². The molecule has 0 fully saturated rings. The fraction of sp³-hybridized carbons (Fsp3) is 0.125. The van der Waals surface area contributed by atoms with Crippen molar-refractivity contribution in [1.82, 2.24) is 4.98 Å². The molecule has 0 N–H and O–H groups in total. The van der Waals surface area contributed by atoms with Crippen molar-refractivity contribution in [3.05, 3.63) is 36.5 Å². The average Bonchev–Trinajstić information content (AvgIpc) is 2.04. The minimum absolute atomic E-state index is 0.484. The van der Waals surface area contributed by atoms with Crippen molar-refractivity contribution in [2.45, 2.75) is 6.42 Å². The van der Waals surface area contributed by atoms with Gasteiger partial charge in [0.05, 0.1) is 0 Å². The third-order valence-corrected chi connectivity index (χ3v) is 1.27. The first-order valence-electron chi connectivity index (χ1n) is 3.01. The van der Waals surface area contributed by atoms with Gasteiger partial charge in [0.1, 0.15) is 11.8 Å². The van der Waals surface area contributed by atoms with Crippen LogP contribution >= 0.6 is 0 Å². The lowest BCUT2D eigenvalue weighted by Gasteiger charge is -1.94. The van der Waals surface area contributed by atoms with Crippen LogP contribution < -0.4 is 0 Å². The third-order valence-electron chi connectivity index (χ3n) is 1.27. The van der Waals surface area contributed by atoms with Crippen molar-refractivity contribution < 1.29 is 0 Å². The highest BCUT2D eigenvalue weighted by atomic mass is 14.7. The summed E-state index contributed by atoms with van der Waals surface area (Å²) in [6.07, 6.45) is 2.23. The van der Waals surface area contributed by atoms with Crippen molar-refractivity contribution in [3.8, 4) is 6.07 Å². The van der Waals surface area contributed by atoms with Gasteiger partial charge in [-0.25, -0.2) is 4.98 Å². The van der Waals surface area contributed by atoms with Crippen LogP contribution in [0.2, 0.25) is 0 Å². The van der Waals surface area contributed by atoms with Crippen LogP contribution in [0.5, 0.6) is 0 Å². The second-order valence-corrected chi connectivity index (χ2v) is 1.87.